The summed E-state index contributed by atoms with van der Waals surface area (Å²) in [6, 6.07) is 4.79. The van der Waals surface area contributed by atoms with E-state index in [0.29, 0.717) is 34.5 Å². The normalized spacial score (nSPS) is 25.1. The average molecular weight is 433 g/mol. The van der Waals surface area contributed by atoms with Gasteiger partial charge in [0, 0.05) is 17.6 Å². The van der Waals surface area contributed by atoms with Crippen LogP contribution < -0.4 is 10.0 Å². The summed E-state index contributed by atoms with van der Waals surface area (Å²) in [6.07, 6.45) is 5.62. The highest BCUT2D eigenvalue weighted by Crippen LogP contribution is 2.51. The first kappa shape index (κ1) is 20.9. The molecule has 2 fully saturated rings. The maximum Gasteiger partial charge on any atom is 0.252 e. The molecule has 0 radical (unpaired) electrons. The molecule has 2 N–H and O–H groups in total. The van der Waals surface area contributed by atoms with Crippen molar-refractivity contribution < 1.29 is 13.2 Å². The number of carbonyl (C=O) groups is 1. The second-order valence-electron chi connectivity index (χ2n) is 8.00. The molecule has 1 aromatic carbocycles. The molecule has 0 unspecified atom stereocenters. The van der Waals surface area contributed by atoms with Crippen molar-refractivity contribution in [1.82, 2.24) is 10.0 Å². The summed E-state index contributed by atoms with van der Waals surface area (Å²) >= 11 is 12.0. The number of carbonyl (C=O) groups excluding carboxylic acids is 1. The van der Waals surface area contributed by atoms with Crippen LogP contribution in [0.25, 0.3) is 0 Å². The lowest BCUT2D eigenvalue weighted by molar-refractivity contribution is 0.0661. The zero-order valence-electron chi connectivity index (χ0n) is 15.4. The molecular formula is C19H26Cl2N2O3S. The standard InChI is InChI=1S/C19H26Cl2N2O3S/c1-2-7-27(25,26)23-15-10-19(11-15,9-13-3-4-13)12-22-18(24)16-6-5-14(20)8-17(16)21/h5-6,8,13,15,23H,2-4,7,9-12H2,1H3,(H,22,24)/t15-,19-. The third kappa shape index (κ3) is 5.59. The van der Waals surface area contributed by atoms with E-state index in [9.17, 15) is 13.2 Å². The fourth-order valence-corrected chi connectivity index (χ4v) is 5.83. The second kappa shape index (κ2) is 8.27. The molecule has 8 heteroatoms. The van der Waals surface area contributed by atoms with Crippen LogP contribution in [-0.2, 0) is 10.0 Å². The van der Waals surface area contributed by atoms with Crippen LogP contribution in [0, 0.1) is 11.3 Å². The molecule has 1 aromatic rings. The predicted molar refractivity (Wildman–Crippen MR) is 109 cm³/mol. The van der Waals surface area contributed by atoms with Crippen LogP contribution >= 0.6 is 23.2 Å². The van der Waals surface area contributed by atoms with Gasteiger partial charge >= 0.3 is 0 Å². The molecule has 1 amide bonds. The Hall–Kier alpha value is -0.820. The maximum atomic E-state index is 12.5. The van der Waals surface area contributed by atoms with E-state index >= 15 is 0 Å². The van der Waals surface area contributed by atoms with Crippen LogP contribution in [0.2, 0.25) is 10.0 Å². The molecule has 0 spiro atoms. The van der Waals surface area contributed by atoms with Gasteiger partial charge in [0.25, 0.3) is 5.91 Å². The lowest BCUT2D eigenvalue weighted by Gasteiger charge is -2.48. The Labute approximate surface area is 171 Å². The average Bonchev–Trinajstić information content (AvgIpc) is 3.34. The van der Waals surface area contributed by atoms with Crippen LogP contribution in [0.15, 0.2) is 18.2 Å². The summed E-state index contributed by atoms with van der Waals surface area (Å²) in [5, 5.41) is 3.82. The van der Waals surface area contributed by atoms with Gasteiger partial charge in [-0.15, -0.1) is 0 Å². The van der Waals surface area contributed by atoms with Crippen molar-refractivity contribution in [3.8, 4) is 0 Å². The monoisotopic (exact) mass is 432 g/mol. The Morgan fingerprint density at radius 1 is 1.26 bits per heavy atom. The van der Waals surface area contributed by atoms with Gasteiger partial charge in [-0.3, -0.25) is 4.79 Å². The number of halogens is 2. The van der Waals surface area contributed by atoms with Crippen molar-refractivity contribution in [2.75, 3.05) is 12.3 Å². The molecule has 27 heavy (non-hydrogen) atoms. The minimum absolute atomic E-state index is 0.0312. The molecule has 0 saturated heterocycles. The van der Waals surface area contributed by atoms with E-state index in [0.717, 1.165) is 19.3 Å². The highest BCUT2D eigenvalue weighted by molar-refractivity contribution is 7.89. The zero-order chi connectivity index (χ0) is 19.7. The van der Waals surface area contributed by atoms with Gasteiger partial charge in [-0.25, -0.2) is 13.1 Å². The predicted octanol–water partition coefficient (Wildman–Crippen LogP) is 4.00. The highest BCUT2D eigenvalue weighted by atomic mass is 35.5. The van der Waals surface area contributed by atoms with E-state index in [1.807, 2.05) is 6.92 Å². The number of hydrogen-bond acceptors (Lipinski definition) is 3. The first-order valence-corrected chi connectivity index (χ1v) is 11.9. The Balaban J connectivity index is 1.59. The molecule has 150 valence electrons. The van der Waals surface area contributed by atoms with Crippen LogP contribution in [0.1, 0.15) is 55.8 Å². The van der Waals surface area contributed by atoms with Crippen LogP contribution in [-0.4, -0.2) is 32.7 Å². The topological polar surface area (TPSA) is 75.3 Å². The van der Waals surface area contributed by atoms with E-state index < -0.39 is 10.0 Å². The third-order valence-corrected chi connectivity index (χ3v) is 7.58. The fourth-order valence-electron chi connectivity index (χ4n) is 4.00. The first-order chi connectivity index (χ1) is 12.7. The van der Waals surface area contributed by atoms with Gasteiger partial charge in [-0.05, 0) is 55.2 Å². The lowest BCUT2D eigenvalue weighted by atomic mass is 9.63. The van der Waals surface area contributed by atoms with Crippen molar-refractivity contribution in [3.63, 3.8) is 0 Å². The summed E-state index contributed by atoms with van der Waals surface area (Å²) in [7, 11) is -3.21. The number of benzene rings is 1. The van der Waals surface area contributed by atoms with Gasteiger partial charge in [0.1, 0.15) is 0 Å². The summed E-state index contributed by atoms with van der Waals surface area (Å²) in [5.41, 5.74) is 0.372. The number of rotatable bonds is 9. The maximum absolute atomic E-state index is 12.5. The van der Waals surface area contributed by atoms with E-state index in [-0.39, 0.29) is 23.1 Å². The van der Waals surface area contributed by atoms with Crippen molar-refractivity contribution in [1.29, 1.82) is 0 Å². The van der Waals surface area contributed by atoms with Gasteiger partial charge in [0.05, 0.1) is 16.3 Å². The minimum atomic E-state index is -3.21. The molecule has 2 aliphatic rings. The summed E-state index contributed by atoms with van der Waals surface area (Å²) in [5.74, 6) is 0.640. The first-order valence-electron chi connectivity index (χ1n) is 9.45. The summed E-state index contributed by atoms with van der Waals surface area (Å²) < 4.78 is 26.8. The van der Waals surface area contributed by atoms with Gasteiger partial charge in [-0.1, -0.05) is 43.0 Å². The van der Waals surface area contributed by atoms with Gasteiger partial charge in [-0.2, -0.15) is 0 Å². The molecule has 3 rings (SSSR count). The zero-order valence-corrected chi connectivity index (χ0v) is 17.8. The van der Waals surface area contributed by atoms with Gasteiger partial charge < -0.3 is 5.32 Å². The van der Waals surface area contributed by atoms with E-state index in [4.69, 9.17) is 23.2 Å². The number of amides is 1. The molecule has 2 saturated carbocycles. The van der Waals surface area contributed by atoms with Gasteiger partial charge in [0.15, 0.2) is 0 Å². The second-order valence-corrected chi connectivity index (χ2v) is 10.7. The van der Waals surface area contributed by atoms with E-state index in [1.165, 1.54) is 12.8 Å². The number of hydrogen-bond donors (Lipinski definition) is 2. The van der Waals surface area contributed by atoms with Gasteiger partial charge in [0.2, 0.25) is 10.0 Å². The number of nitrogens with one attached hydrogen (secondary N) is 2. The van der Waals surface area contributed by atoms with Crippen molar-refractivity contribution >= 4 is 39.1 Å². The quantitative estimate of drug-likeness (QED) is 0.618. The Bertz CT molecular complexity index is 803. The summed E-state index contributed by atoms with van der Waals surface area (Å²) in [6.45, 7) is 2.39. The smallest absolute Gasteiger partial charge is 0.252 e. The van der Waals surface area contributed by atoms with Crippen molar-refractivity contribution in [2.45, 2.75) is 51.5 Å². The molecule has 0 aromatic heterocycles. The van der Waals surface area contributed by atoms with E-state index in [1.54, 1.807) is 18.2 Å². The Morgan fingerprint density at radius 3 is 2.56 bits per heavy atom. The molecule has 5 nitrogen and oxygen atoms in total. The SMILES string of the molecule is CCCS(=O)(=O)N[C@H]1C[C@@](CNC(=O)c2ccc(Cl)cc2Cl)(CC2CC2)C1. The Morgan fingerprint density at radius 2 is 1.96 bits per heavy atom. The molecular weight excluding hydrogens is 407 g/mol. The van der Waals surface area contributed by atoms with Crippen LogP contribution in [0.5, 0.6) is 0 Å². The molecule has 0 heterocycles. The largest absolute Gasteiger partial charge is 0.351 e. The highest BCUT2D eigenvalue weighted by Gasteiger charge is 2.48. The fraction of sp³-hybridized carbons (Fsp3) is 0.632. The van der Waals surface area contributed by atoms with Crippen LogP contribution in [0.4, 0.5) is 0 Å². The Kier molecular flexibility index (Phi) is 6.41. The minimum Gasteiger partial charge on any atom is -0.351 e. The summed E-state index contributed by atoms with van der Waals surface area (Å²) in [4.78, 5) is 12.5. The molecule has 2 aliphatic carbocycles. The van der Waals surface area contributed by atoms with E-state index in [2.05, 4.69) is 10.0 Å². The molecule has 0 aliphatic heterocycles. The van der Waals surface area contributed by atoms with Crippen molar-refractivity contribution in [3.05, 3.63) is 33.8 Å². The van der Waals surface area contributed by atoms with Crippen LogP contribution in [0.3, 0.4) is 0 Å². The molecule has 0 atom stereocenters. The molecule has 0 bridgehead atoms. The van der Waals surface area contributed by atoms with Crippen molar-refractivity contribution in [2.24, 2.45) is 11.3 Å². The number of sulfonamides is 1. The third-order valence-electron chi connectivity index (χ3n) is 5.40. The lowest BCUT2D eigenvalue weighted by Crippen LogP contribution is -2.55.